The Morgan fingerprint density at radius 2 is 2.07 bits per heavy atom. The van der Waals surface area contributed by atoms with Gasteiger partial charge in [0.15, 0.2) is 11.4 Å². The fourth-order valence-electron chi connectivity index (χ4n) is 3.49. The molecule has 0 saturated heterocycles. The number of imidazole rings is 1. The van der Waals surface area contributed by atoms with E-state index in [0.717, 1.165) is 34.6 Å². The second kappa shape index (κ2) is 7.04. The minimum atomic E-state index is -0.512. The molecule has 1 unspecified atom stereocenters. The van der Waals surface area contributed by atoms with Crippen molar-refractivity contribution in [2.24, 2.45) is 0 Å². The average Bonchev–Trinajstić information content (AvgIpc) is 3.00. The van der Waals surface area contributed by atoms with Crippen molar-refractivity contribution < 1.29 is 19.3 Å². The summed E-state index contributed by atoms with van der Waals surface area (Å²) in [6.45, 7) is 5.98. The highest BCUT2D eigenvalue weighted by atomic mass is 17.2. The summed E-state index contributed by atoms with van der Waals surface area (Å²) in [5.41, 5.74) is 4.99. The zero-order valence-electron chi connectivity index (χ0n) is 15.7. The summed E-state index contributed by atoms with van der Waals surface area (Å²) >= 11 is 0. The number of ether oxygens (including phenoxy) is 1. The Bertz CT molecular complexity index is 995. The third kappa shape index (κ3) is 3.06. The fraction of sp³-hybridized carbons (Fsp3) is 0.333. The first-order chi connectivity index (χ1) is 13.1. The molecular weight excluding hydrogens is 344 g/mol. The van der Waals surface area contributed by atoms with Crippen LogP contribution in [0.2, 0.25) is 0 Å². The molecule has 3 aromatic rings. The maximum Gasteiger partial charge on any atom is 0.374 e. The van der Waals surface area contributed by atoms with Gasteiger partial charge in [-0.25, -0.2) is 9.78 Å². The van der Waals surface area contributed by atoms with Crippen LogP contribution in [0, 0.1) is 13.8 Å². The quantitative estimate of drug-likeness (QED) is 0.513. The third-order valence-electron chi connectivity index (χ3n) is 5.01. The number of benzene rings is 1. The Kier molecular flexibility index (Phi) is 4.58. The lowest BCUT2D eigenvalue weighted by atomic mass is 9.95. The number of aromatic nitrogens is 2. The summed E-state index contributed by atoms with van der Waals surface area (Å²) in [5, 5.41) is 0. The van der Waals surface area contributed by atoms with Crippen molar-refractivity contribution in [2.75, 3.05) is 6.61 Å². The summed E-state index contributed by atoms with van der Waals surface area (Å²) in [5.74, 6) is 0.139. The third-order valence-corrected chi connectivity index (χ3v) is 5.01. The van der Waals surface area contributed by atoms with Crippen LogP contribution in [0.1, 0.15) is 52.3 Å². The maximum atomic E-state index is 12.6. The standard InChI is InChI=1S/C21H22N2O4/c1-4-25-27-21(24)17-12-23-14(3)13(2)22-20(23)19-16(17)10-11-18(26-19)15-8-6-5-7-9-15/h5-9,12,18H,4,10-11H2,1-3H3. The molecule has 0 aliphatic carbocycles. The summed E-state index contributed by atoms with van der Waals surface area (Å²) in [6, 6.07) is 10.1. The van der Waals surface area contributed by atoms with E-state index >= 15 is 0 Å². The number of carbonyl (C=O) groups excluding carboxylic acids is 1. The molecule has 0 amide bonds. The van der Waals surface area contributed by atoms with Crippen LogP contribution in [0.3, 0.4) is 0 Å². The predicted molar refractivity (Wildman–Crippen MR) is 99.8 cm³/mol. The molecule has 0 spiro atoms. The van der Waals surface area contributed by atoms with Crippen LogP contribution >= 0.6 is 0 Å². The second-order valence-electron chi connectivity index (χ2n) is 6.66. The van der Waals surface area contributed by atoms with Crippen molar-refractivity contribution in [2.45, 2.75) is 39.7 Å². The molecule has 1 aliphatic rings. The Balaban J connectivity index is 1.83. The van der Waals surface area contributed by atoms with Crippen LogP contribution in [-0.4, -0.2) is 22.0 Å². The summed E-state index contributed by atoms with van der Waals surface area (Å²) in [6.07, 6.45) is 3.18. The summed E-state index contributed by atoms with van der Waals surface area (Å²) < 4.78 is 8.26. The van der Waals surface area contributed by atoms with E-state index in [1.807, 2.05) is 36.4 Å². The van der Waals surface area contributed by atoms with Crippen molar-refractivity contribution >= 4 is 11.6 Å². The minimum absolute atomic E-state index is 0.0713. The smallest absolute Gasteiger partial charge is 0.374 e. The predicted octanol–water partition coefficient (Wildman–Crippen LogP) is 4.13. The van der Waals surface area contributed by atoms with E-state index in [4.69, 9.17) is 14.5 Å². The average molecular weight is 366 g/mol. The van der Waals surface area contributed by atoms with E-state index in [1.165, 1.54) is 0 Å². The van der Waals surface area contributed by atoms with E-state index in [-0.39, 0.29) is 6.10 Å². The van der Waals surface area contributed by atoms with Crippen LogP contribution in [-0.2, 0) is 16.2 Å². The highest BCUT2D eigenvalue weighted by molar-refractivity contribution is 5.92. The van der Waals surface area contributed by atoms with E-state index in [9.17, 15) is 4.79 Å². The van der Waals surface area contributed by atoms with Crippen LogP contribution in [0.25, 0.3) is 5.65 Å². The van der Waals surface area contributed by atoms with Crippen molar-refractivity contribution in [1.82, 2.24) is 9.38 Å². The summed E-state index contributed by atoms with van der Waals surface area (Å²) in [7, 11) is 0. The minimum Gasteiger partial charge on any atom is -0.481 e. The zero-order valence-corrected chi connectivity index (χ0v) is 15.7. The lowest BCUT2D eigenvalue weighted by Gasteiger charge is -2.28. The van der Waals surface area contributed by atoms with Crippen molar-refractivity contribution in [1.29, 1.82) is 0 Å². The largest absolute Gasteiger partial charge is 0.481 e. The first-order valence-electron chi connectivity index (χ1n) is 9.16. The molecule has 0 bridgehead atoms. The summed E-state index contributed by atoms with van der Waals surface area (Å²) in [4.78, 5) is 27.0. The maximum absolute atomic E-state index is 12.6. The van der Waals surface area contributed by atoms with Gasteiger partial charge in [-0.15, -0.1) is 0 Å². The van der Waals surface area contributed by atoms with Gasteiger partial charge in [-0.05, 0) is 39.2 Å². The molecule has 0 N–H and O–H groups in total. The first-order valence-corrected chi connectivity index (χ1v) is 9.16. The van der Waals surface area contributed by atoms with Crippen LogP contribution < -0.4 is 4.74 Å². The number of nitrogens with zero attached hydrogens (tertiary/aromatic N) is 2. The molecule has 6 nitrogen and oxygen atoms in total. The van der Waals surface area contributed by atoms with Crippen LogP contribution in [0.4, 0.5) is 0 Å². The Morgan fingerprint density at radius 1 is 1.30 bits per heavy atom. The zero-order chi connectivity index (χ0) is 19.0. The molecule has 27 heavy (non-hydrogen) atoms. The normalized spacial score (nSPS) is 16.0. The molecule has 6 heteroatoms. The van der Waals surface area contributed by atoms with Gasteiger partial charge in [0.2, 0.25) is 0 Å². The Morgan fingerprint density at radius 3 is 2.81 bits per heavy atom. The van der Waals surface area contributed by atoms with E-state index in [0.29, 0.717) is 24.3 Å². The molecule has 1 aliphatic heterocycles. The lowest BCUT2D eigenvalue weighted by Crippen LogP contribution is -2.20. The molecular formula is C21H22N2O4. The molecule has 0 radical (unpaired) electrons. The SMILES string of the molecule is CCOOC(=O)c1cn2c(C)c(C)nc2c2c1CCC(c1ccccc1)O2. The Labute approximate surface area is 157 Å². The molecule has 140 valence electrons. The van der Waals surface area contributed by atoms with Crippen LogP contribution in [0.15, 0.2) is 36.5 Å². The van der Waals surface area contributed by atoms with Crippen molar-refractivity contribution in [3.63, 3.8) is 0 Å². The van der Waals surface area contributed by atoms with E-state index in [1.54, 1.807) is 13.1 Å². The molecule has 1 atom stereocenters. The van der Waals surface area contributed by atoms with Gasteiger partial charge in [0.1, 0.15) is 6.10 Å². The van der Waals surface area contributed by atoms with Crippen molar-refractivity contribution in [3.8, 4) is 5.75 Å². The lowest BCUT2D eigenvalue weighted by molar-refractivity contribution is -0.237. The fourth-order valence-corrected chi connectivity index (χ4v) is 3.49. The van der Waals surface area contributed by atoms with Crippen molar-refractivity contribution in [3.05, 3.63) is 64.6 Å². The van der Waals surface area contributed by atoms with Gasteiger partial charge in [0.05, 0.1) is 17.9 Å². The second-order valence-corrected chi connectivity index (χ2v) is 6.66. The number of hydrogen-bond donors (Lipinski definition) is 0. The molecule has 2 aromatic heterocycles. The van der Waals surface area contributed by atoms with Gasteiger partial charge in [-0.3, -0.25) is 4.89 Å². The molecule has 1 aromatic carbocycles. The van der Waals surface area contributed by atoms with Gasteiger partial charge in [0, 0.05) is 17.5 Å². The number of pyridine rings is 1. The van der Waals surface area contributed by atoms with E-state index < -0.39 is 5.97 Å². The van der Waals surface area contributed by atoms with Gasteiger partial charge < -0.3 is 9.14 Å². The highest BCUT2D eigenvalue weighted by Crippen LogP contribution is 2.40. The number of carbonyl (C=O) groups is 1. The Hall–Kier alpha value is -2.86. The van der Waals surface area contributed by atoms with E-state index in [2.05, 4.69) is 17.1 Å². The molecule has 0 fully saturated rings. The topological polar surface area (TPSA) is 62.1 Å². The number of fused-ring (bicyclic) bond motifs is 3. The molecule has 3 heterocycles. The van der Waals surface area contributed by atoms with Gasteiger partial charge in [-0.2, -0.15) is 4.89 Å². The first kappa shape index (κ1) is 17.5. The molecule has 0 saturated carbocycles. The number of rotatable bonds is 4. The number of aryl methyl sites for hydroxylation is 2. The molecule has 4 rings (SSSR count). The van der Waals surface area contributed by atoms with Gasteiger partial charge >= 0.3 is 5.97 Å². The van der Waals surface area contributed by atoms with Crippen LogP contribution in [0.5, 0.6) is 5.75 Å². The monoisotopic (exact) mass is 366 g/mol. The highest BCUT2D eigenvalue weighted by Gasteiger charge is 2.30. The van der Waals surface area contributed by atoms with Gasteiger partial charge in [-0.1, -0.05) is 30.3 Å². The van der Waals surface area contributed by atoms with Gasteiger partial charge in [0.25, 0.3) is 0 Å². The number of hydrogen-bond acceptors (Lipinski definition) is 5.